The molecule has 1 aliphatic rings. The number of benzene rings is 1. The fourth-order valence-corrected chi connectivity index (χ4v) is 3.29. The van der Waals surface area contributed by atoms with Crippen LogP contribution < -0.4 is 4.74 Å². The molecule has 1 fully saturated rings. The second-order valence-corrected chi connectivity index (χ2v) is 7.45. The third kappa shape index (κ3) is 5.72. The maximum atomic E-state index is 12.6. The van der Waals surface area contributed by atoms with Crippen LogP contribution in [0.15, 0.2) is 30.3 Å². The summed E-state index contributed by atoms with van der Waals surface area (Å²) < 4.78 is 43.2. The van der Waals surface area contributed by atoms with E-state index in [1.165, 1.54) is 12.1 Å². The van der Waals surface area contributed by atoms with Gasteiger partial charge in [-0.2, -0.15) is 18.3 Å². The van der Waals surface area contributed by atoms with Gasteiger partial charge in [0.25, 0.3) is 0 Å². The summed E-state index contributed by atoms with van der Waals surface area (Å²) in [6.07, 6.45) is -2.82. The molecule has 2 aromatic rings. The third-order valence-corrected chi connectivity index (χ3v) is 5.02. The normalized spacial score (nSPS) is 17.5. The number of carbonyl (C=O) groups is 1. The van der Waals surface area contributed by atoms with Gasteiger partial charge in [0.1, 0.15) is 5.75 Å². The molecule has 3 rings (SSSR count). The molecule has 1 N–H and O–H groups in total. The number of likely N-dealkylation sites (N-methyl/N-ethyl adjacent to an activating group) is 1. The highest BCUT2D eigenvalue weighted by atomic mass is 19.4. The smallest absolute Gasteiger partial charge is 0.416 e. The average molecular weight is 410 g/mol. The largest absolute Gasteiger partial charge is 0.493 e. The van der Waals surface area contributed by atoms with E-state index in [1.54, 1.807) is 19.0 Å². The number of nitrogens with one attached hydrogen (secondary N) is 1. The second kappa shape index (κ2) is 8.86. The number of likely N-dealkylation sites (tertiary alicyclic amines) is 1. The van der Waals surface area contributed by atoms with Crippen molar-refractivity contribution in [2.45, 2.75) is 24.9 Å². The Morgan fingerprint density at radius 1 is 1.31 bits per heavy atom. The van der Waals surface area contributed by atoms with Crippen LogP contribution in [0.1, 0.15) is 29.3 Å². The second-order valence-electron chi connectivity index (χ2n) is 7.45. The van der Waals surface area contributed by atoms with Gasteiger partial charge in [-0.3, -0.25) is 14.8 Å². The Balaban J connectivity index is 1.45. The summed E-state index contributed by atoms with van der Waals surface area (Å²) in [4.78, 5) is 15.6. The first-order chi connectivity index (χ1) is 13.7. The van der Waals surface area contributed by atoms with Crippen LogP contribution in [0.3, 0.4) is 0 Å². The van der Waals surface area contributed by atoms with Gasteiger partial charge in [0.15, 0.2) is 0 Å². The predicted molar refractivity (Wildman–Crippen MR) is 102 cm³/mol. The molecule has 0 radical (unpaired) electrons. The monoisotopic (exact) mass is 410 g/mol. The van der Waals surface area contributed by atoms with Crippen LogP contribution in [0.25, 0.3) is 0 Å². The number of hydrogen-bond donors (Lipinski definition) is 1. The van der Waals surface area contributed by atoms with Crippen LogP contribution in [0, 0.1) is 0 Å². The predicted octanol–water partition coefficient (Wildman–Crippen LogP) is 2.93. The Kier molecular flexibility index (Phi) is 6.46. The Morgan fingerprint density at radius 2 is 2.03 bits per heavy atom. The zero-order chi connectivity index (χ0) is 21.0. The third-order valence-electron chi connectivity index (χ3n) is 5.02. The van der Waals surface area contributed by atoms with Gasteiger partial charge >= 0.3 is 6.18 Å². The number of amides is 1. The highest BCUT2D eigenvalue weighted by Crippen LogP contribution is 2.30. The summed E-state index contributed by atoms with van der Waals surface area (Å²) in [5.74, 6) is 0.773. The Bertz CT molecular complexity index is 818. The molecule has 1 atom stereocenters. The Morgan fingerprint density at radius 3 is 2.69 bits per heavy atom. The molecule has 6 nitrogen and oxygen atoms in total. The molecule has 0 spiro atoms. The average Bonchev–Trinajstić information content (AvgIpc) is 3.31. The summed E-state index contributed by atoms with van der Waals surface area (Å²) in [5.41, 5.74) is 1.19. The molecule has 0 unspecified atom stereocenters. The lowest BCUT2D eigenvalue weighted by Crippen LogP contribution is -2.35. The fourth-order valence-electron chi connectivity index (χ4n) is 3.29. The molecule has 0 saturated carbocycles. The minimum atomic E-state index is -4.35. The Labute approximate surface area is 167 Å². The van der Waals surface area contributed by atoms with Crippen LogP contribution in [-0.2, 0) is 17.4 Å². The van der Waals surface area contributed by atoms with Crippen molar-refractivity contribution in [2.75, 3.05) is 40.3 Å². The maximum absolute atomic E-state index is 12.6. The number of halogens is 3. The molecular weight excluding hydrogens is 385 g/mol. The first-order valence-electron chi connectivity index (χ1n) is 9.49. The molecule has 1 aliphatic heterocycles. The highest BCUT2D eigenvalue weighted by molar-refractivity contribution is 5.77. The van der Waals surface area contributed by atoms with Gasteiger partial charge in [-0.15, -0.1) is 0 Å². The van der Waals surface area contributed by atoms with Gasteiger partial charge in [-0.1, -0.05) is 0 Å². The molecule has 0 aliphatic carbocycles. The number of aromatic nitrogens is 2. The van der Waals surface area contributed by atoms with Crippen molar-refractivity contribution in [3.8, 4) is 5.75 Å². The van der Waals surface area contributed by atoms with Crippen molar-refractivity contribution < 1.29 is 22.7 Å². The van der Waals surface area contributed by atoms with E-state index in [0.29, 0.717) is 25.3 Å². The molecule has 158 valence electrons. The number of rotatable bonds is 7. The minimum absolute atomic E-state index is 0.0915. The summed E-state index contributed by atoms with van der Waals surface area (Å²) in [5, 5.41) is 7.38. The van der Waals surface area contributed by atoms with Crippen LogP contribution in [-0.4, -0.2) is 66.2 Å². The van der Waals surface area contributed by atoms with Crippen molar-refractivity contribution in [2.24, 2.45) is 0 Å². The zero-order valence-corrected chi connectivity index (χ0v) is 16.5. The van der Waals surface area contributed by atoms with E-state index in [2.05, 4.69) is 15.1 Å². The number of alkyl halides is 3. The SMILES string of the molecule is CN(C)C(=O)CN1CC[C@@H](c2cc(CCOc3ccc(C(F)(F)F)cc3)[nH]n2)C1. The Hall–Kier alpha value is -2.55. The number of hydrogen-bond acceptors (Lipinski definition) is 4. The number of ether oxygens (including phenoxy) is 1. The fraction of sp³-hybridized carbons (Fsp3) is 0.500. The van der Waals surface area contributed by atoms with Crippen LogP contribution >= 0.6 is 0 Å². The van der Waals surface area contributed by atoms with Gasteiger partial charge in [0.05, 0.1) is 24.4 Å². The topological polar surface area (TPSA) is 61.5 Å². The first kappa shape index (κ1) is 21.2. The zero-order valence-electron chi connectivity index (χ0n) is 16.5. The van der Waals surface area contributed by atoms with Crippen LogP contribution in [0.5, 0.6) is 5.75 Å². The molecule has 0 bridgehead atoms. The minimum Gasteiger partial charge on any atom is -0.493 e. The summed E-state index contributed by atoms with van der Waals surface area (Å²) in [6.45, 7) is 2.41. The molecule has 29 heavy (non-hydrogen) atoms. The van der Waals surface area contributed by atoms with Crippen molar-refractivity contribution in [3.63, 3.8) is 0 Å². The quantitative estimate of drug-likeness (QED) is 0.763. The summed E-state index contributed by atoms with van der Waals surface area (Å²) in [7, 11) is 3.51. The van der Waals surface area contributed by atoms with Crippen LogP contribution in [0.2, 0.25) is 0 Å². The lowest BCUT2D eigenvalue weighted by atomic mass is 10.0. The van der Waals surface area contributed by atoms with Crippen molar-refractivity contribution in [3.05, 3.63) is 47.3 Å². The van der Waals surface area contributed by atoms with Gasteiger partial charge in [0, 0.05) is 38.7 Å². The van der Waals surface area contributed by atoms with E-state index in [4.69, 9.17) is 4.74 Å². The first-order valence-corrected chi connectivity index (χ1v) is 9.49. The number of aromatic amines is 1. The molecule has 1 saturated heterocycles. The lowest BCUT2D eigenvalue weighted by molar-refractivity contribution is -0.137. The van der Waals surface area contributed by atoms with Crippen molar-refractivity contribution >= 4 is 5.91 Å². The molecule has 1 aromatic carbocycles. The van der Waals surface area contributed by atoms with Gasteiger partial charge < -0.3 is 9.64 Å². The van der Waals surface area contributed by atoms with E-state index < -0.39 is 11.7 Å². The van der Waals surface area contributed by atoms with Crippen molar-refractivity contribution in [1.82, 2.24) is 20.0 Å². The van der Waals surface area contributed by atoms with Crippen molar-refractivity contribution in [1.29, 1.82) is 0 Å². The maximum Gasteiger partial charge on any atom is 0.416 e. The van der Waals surface area contributed by atoms with E-state index >= 15 is 0 Å². The van der Waals surface area contributed by atoms with Crippen LogP contribution in [0.4, 0.5) is 13.2 Å². The van der Waals surface area contributed by atoms with E-state index in [-0.39, 0.29) is 11.8 Å². The lowest BCUT2D eigenvalue weighted by Gasteiger charge is -2.17. The summed E-state index contributed by atoms with van der Waals surface area (Å²) in [6, 6.07) is 6.66. The molecule has 1 aromatic heterocycles. The molecular formula is C20H25F3N4O2. The standard InChI is InChI=1S/C20H25F3N4O2/c1-26(2)19(28)13-27-9-7-14(12-27)18-11-16(24-25-18)8-10-29-17-5-3-15(4-6-17)20(21,22)23/h3-6,11,14H,7-10,12-13H2,1-2H3,(H,24,25)/t14-/m1/s1. The van der Waals surface area contributed by atoms with Gasteiger partial charge in [-0.05, 0) is 43.3 Å². The van der Waals surface area contributed by atoms with E-state index in [0.717, 1.165) is 43.0 Å². The molecule has 9 heteroatoms. The number of H-pyrrole nitrogens is 1. The summed E-state index contributed by atoms with van der Waals surface area (Å²) >= 11 is 0. The number of carbonyl (C=O) groups excluding carboxylic acids is 1. The van der Waals surface area contributed by atoms with E-state index in [1.807, 2.05) is 6.07 Å². The van der Waals surface area contributed by atoms with Gasteiger partial charge in [-0.25, -0.2) is 0 Å². The van der Waals surface area contributed by atoms with Gasteiger partial charge in [0.2, 0.25) is 5.91 Å². The highest BCUT2D eigenvalue weighted by Gasteiger charge is 2.30. The molecule has 1 amide bonds. The van der Waals surface area contributed by atoms with E-state index in [9.17, 15) is 18.0 Å². The number of nitrogens with zero attached hydrogens (tertiary/aromatic N) is 3. The molecule has 2 heterocycles.